The van der Waals surface area contributed by atoms with Crippen molar-refractivity contribution in [2.45, 2.75) is 34.1 Å². The largest absolute Gasteiger partial charge is 0.364 e. The Morgan fingerprint density at radius 1 is 1.24 bits per heavy atom. The summed E-state index contributed by atoms with van der Waals surface area (Å²) in [6.45, 7) is 7.99. The lowest BCUT2D eigenvalue weighted by Gasteiger charge is -2.04. The summed E-state index contributed by atoms with van der Waals surface area (Å²) in [6, 6.07) is 7.58. The Hall–Kier alpha value is -2.36. The van der Waals surface area contributed by atoms with E-state index in [4.69, 9.17) is 0 Å². The molecule has 4 nitrogen and oxygen atoms in total. The van der Waals surface area contributed by atoms with Gasteiger partial charge in [-0.15, -0.1) is 0 Å². The number of hydrogen-bond donors (Lipinski definition) is 2. The van der Waals surface area contributed by atoms with Gasteiger partial charge in [0.2, 0.25) is 0 Å². The van der Waals surface area contributed by atoms with Crippen LogP contribution in [0.25, 0.3) is 0 Å². The standard InChI is InChI=1S/C17H21N3O/c1-5-14-6-8-15(9-7-14)17(21)20-19-13(4)16-11(2)10-18-12(16)3/h6-10,18H,5H2,1-4H3,(H,20,21)/b19-13+. The molecule has 110 valence electrons. The first-order valence-electron chi connectivity index (χ1n) is 7.11. The zero-order valence-electron chi connectivity index (χ0n) is 12.9. The number of amides is 1. The number of aromatic amines is 1. The molecule has 0 radical (unpaired) electrons. The van der Waals surface area contributed by atoms with Crippen molar-refractivity contribution in [3.8, 4) is 0 Å². The van der Waals surface area contributed by atoms with Gasteiger partial charge in [-0.3, -0.25) is 4.79 Å². The van der Waals surface area contributed by atoms with E-state index >= 15 is 0 Å². The first-order valence-corrected chi connectivity index (χ1v) is 7.11. The number of rotatable bonds is 4. The quantitative estimate of drug-likeness (QED) is 0.656. The van der Waals surface area contributed by atoms with Crippen LogP contribution in [0.4, 0.5) is 0 Å². The first-order chi connectivity index (χ1) is 10.0. The number of hydrazone groups is 1. The van der Waals surface area contributed by atoms with Crippen molar-refractivity contribution < 1.29 is 4.79 Å². The van der Waals surface area contributed by atoms with E-state index in [9.17, 15) is 4.79 Å². The molecule has 1 amide bonds. The summed E-state index contributed by atoms with van der Waals surface area (Å²) in [6.07, 6.45) is 2.90. The molecule has 0 saturated heterocycles. The predicted molar refractivity (Wildman–Crippen MR) is 85.8 cm³/mol. The Morgan fingerprint density at radius 3 is 2.43 bits per heavy atom. The maximum atomic E-state index is 12.1. The Labute approximate surface area is 125 Å². The molecule has 0 bridgehead atoms. The minimum atomic E-state index is -0.192. The second-order valence-corrected chi connectivity index (χ2v) is 5.16. The highest BCUT2D eigenvalue weighted by Gasteiger charge is 2.09. The minimum absolute atomic E-state index is 0.192. The number of carbonyl (C=O) groups excluding carboxylic acids is 1. The summed E-state index contributed by atoms with van der Waals surface area (Å²) < 4.78 is 0. The number of nitrogens with one attached hydrogen (secondary N) is 2. The van der Waals surface area contributed by atoms with Crippen LogP contribution in [0.15, 0.2) is 35.6 Å². The molecule has 2 aromatic rings. The minimum Gasteiger partial charge on any atom is -0.364 e. The van der Waals surface area contributed by atoms with E-state index in [1.54, 1.807) is 0 Å². The van der Waals surface area contributed by atoms with Gasteiger partial charge in [0.1, 0.15) is 0 Å². The molecule has 4 heteroatoms. The summed E-state index contributed by atoms with van der Waals surface area (Å²) in [5, 5.41) is 4.20. The molecule has 0 aliphatic carbocycles. The van der Waals surface area contributed by atoms with E-state index in [1.807, 2.05) is 51.2 Å². The predicted octanol–water partition coefficient (Wildman–Crippen LogP) is 3.35. The summed E-state index contributed by atoms with van der Waals surface area (Å²) in [5.74, 6) is -0.192. The lowest BCUT2D eigenvalue weighted by atomic mass is 10.1. The fraction of sp³-hybridized carbons (Fsp3) is 0.294. The first kappa shape index (κ1) is 15.0. The van der Waals surface area contributed by atoms with Gasteiger partial charge in [-0.2, -0.15) is 5.10 Å². The van der Waals surface area contributed by atoms with Crippen LogP contribution in [-0.2, 0) is 6.42 Å². The van der Waals surface area contributed by atoms with E-state index in [-0.39, 0.29) is 5.91 Å². The summed E-state index contributed by atoms with van der Waals surface area (Å²) in [4.78, 5) is 15.2. The summed E-state index contributed by atoms with van der Waals surface area (Å²) in [7, 11) is 0. The van der Waals surface area contributed by atoms with Gasteiger partial charge in [0.15, 0.2) is 0 Å². The van der Waals surface area contributed by atoms with Gasteiger partial charge in [-0.25, -0.2) is 5.43 Å². The Balaban J connectivity index is 2.10. The molecular weight excluding hydrogens is 262 g/mol. The maximum absolute atomic E-state index is 12.1. The van der Waals surface area contributed by atoms with Crippen LogP contribution in [0, 0.1) is 13.8 Å². The molecule has 0 fully saturated rings. The number of hydrogen-bond acceptors (Lipinski definition) is 2. The number of nitrogens with zero attached hydrogens (tertiary/aromatic N) is 1. The number of aromatic nitrogens is 1. The molecule has 0 spiro atoms. The van der Waals surface area contributed by atoms with Crippen molar-refractivity contribution in [3.63, 3.8) is 0 Å². The third-order valence-corrected chi connectivity index (χ3v) is 3.59. The lowest BCUT2D eigenvalue weighted by Crippen LogP contribution is -2.19. The van der Waals surface area contributed by atoms with Gasteiger partial charge in [0, 0.05) is 23.0 Å². The highest BCUT2D eigenvalue weighted by atomic mass is 16.2. The molecule has 1 aromatic carbocycles. The third kappa shape index (κ3) is 3.40. The second-order valence-electron chi connectivity index (χ2n) is 5.16. The zero-order chi connectivity index (χ0) is 15.4. The van der Waals surface area contributed by atoms with Gasteiger partial charge in [0.05, 0.1) is 5.71 Å². The fourth-order valence-electron chi connectivity index (χ4n) is 2.36. The molecule has 0 aliphatic heterocycles. The molecule has 2 N–H and O–H groups in total. The van der Waals surface area contributed by atoms with Crippen LogP contribution in [0.2, 0.25) is 0 Å². The third-order valence-electron chi connectivity index (χ3n) is 3.59. The SMILES string of the molecule is CCc1ccc(C(=O)N/N=C(\C)c2c(C)c[nH]c2C)cc1. The molecule has 0 saturated carbocycles. The monoisotopic (exact) mass is 283 g/mol. The normalized spacial score (nSPS) is 11.5. The molecule has 2 rings (SSSR count). The molecule has 0 atom stereocenters. The fourth-order valence-corrected chi connectivity index (χ4v) is 2.36. The van der Waals surface area contributed by atoms with Gasteiger partial charge >= 0.3 is 0 Å². The van der Waals surface area contributed by atoms with Crippen LogP contribution in [0.1, 0.15) is 46.6 Å². The Kier molecular flexibility index (Phi) is 4.58. The van der Waals surface area contributed by atoms with E-state index in [1.165, 1.54) is 5.56 Å². The van der Waals surface area contributed by atoms with Crippen molar-refractivity contribution in [1.29, 1.82) is 0 Å². The van der Waals surface area contributed by atoms with Crippen LogP contribution in [-0.4, -0.2) is 16.6 Å². The zero-order valence-corrected chi connectivity index (χ0v) is 12.9. The van der Waals surface area contributed by atoms with Gasteiger partial charge in [-0.1, -0.05) is 19.1 Å². The van der Waals surface area contributed by atoms with E-state index < -0.39 is 0 Å². The van der Waals surface area contributed by atoms with Crippen LogP contribution in [0.5, 0.6) is 0 Å². The van der Waals surface area contributed by atoms with Crippen molar-refractivity contribution in [1.82, 2.24) is 10.4 Å². The van der Waals surface area contributed by atoms with Crippen LogP contribution in [0.3, 0.4) is 0 Å². The van der Waals surface area contributed by atoms with Crippen molar-refractivity contribution >= 4 is 11.6 Å². The van der Waals surface area contributed by atoms with Crippen LogP contribution >= 0.6 is 0 Å². The van der Waals surface area contributed by atoms with E-state index in [2.05, 4.69) is 22.4 Å². The molecular formula is C17H21N3O. The van der Waals surface area contributed by atoms with Crippen LogP contribution < -0.4 is 5.43 Å². The van der Waals surface area contributed by atoms with E-state index in [0.717, 1.165) is 29.0 Å². The second kappa shape index (κ2) is 6.39. The topological polar surface area (TPSA) is 57.2 Å². The summed E-state index contributed by atoms with van der Waals surface area (Å²) in [5.41, 5.74) is 8.46. The number of aryl methyl sites for hydroxylation is 3. The van der Waals surface area contributed by atoms with Crippen molar-refractivity contribution in [2.24, 2.45) is 5.10 Å². The van der Waals surface area contributed by atoms with E-state index in [0.29, 0.717) is 5.56 Å². The van der Waals surface area contributed by atoms with Crippen molar-refractivity contribution in [2.75, 3.05) is 0 Å². The molecule has 0 unspecified atom stereocenters. The number of carbonyl (C=O) groups is 1. The molecule has 1 aromatic heterocycles. The van der Waals surface area contributed by atoms with Gasteiger partial charge in [-0.05, 0) is 50.5 Å². The average molecular weight is 283 g/mol. The average Bonchev–Trinajstić information content (AvgIpc) is 2.83. The molecule has 0 aliphatic rings. The lowest BCUT2D eigenvalue weighted by molar-refractivity contribution is 0.0955. The smallest absolute Gasteiger partial charge is 0.271 e. The number of H-pyrrole nitrogens is 1. The van der Waals surface area contributed by atoms with Gasteiger partial charge < -0.3 is 4.98 Å². The highest BCUT2D eigenvalue weighted by Crippen LogP contribution is 2.13. The molecule has 21 heavy (non-hydrogen) atoms. The Bertz CT molecular complexity index is 646. The molecule has 1 heterocycles. The van der Waals surface area contributed by atoms with Gasteiger partial charge in [0.25, 0.3) is 5.91 Å². The summed E-state index contributed by atoms with van der Waals surface area (Å²) >= 11 is 0. The maximum Gasteiger partial charge on any atom is 0.271 e. The number of benzene rings is 1. The van der Waals surface area contributed by atoms with Crippen molar-refractivity contribution in [3.05, 3.63) is 58.4 Å². The Morgan fingerprint density at radius 2 is 1.90 bits per heavy atom. The highest BCUT2D eigenvalue weighted by molar-refractivity contribution is 6.02.